The predicted octanol–water partition coefficient (Wildman–Crippen LogP) is 3.43. The van der Waals surface area contributed by atoms with Crippen LogP contribution in [0.5, 0.6) is 0 Å². The predicted molar refractivity (Wildman–Crippen MR) is 103 cm³/mol. The summed E-state index contributed by atoms with van der Waals surface area (Å²) >= 11 is 0. The van der Waals surface area contributed by atoms with Gasteiger partial charge in [-0.15, -0.1) is 0 Å². The van der Waals surface area contributed by atoms with Crippen LogP contribution in [0, 0.1) is 19.8 Å². The molecule has 0 bridgehead atoms. The van der Waals surface area contributed by atoms with Crippen LogP contribution in [0.4, 0.5) is 11.5 Å². The molecule has 3 aromatic rings. The zero-order valence-corrected chi connectivity index (χ0v) is 15.1. The van der Waals surface area contributed by atoms with Crippen molar-refractivity contribution in [2.45, 2.75) is 26.7 Å². The molecule has 1 aliphatic heterocycles. The number of anilines is 2. The molecule has 1 saturated heterocycles. The van der Waals surface area contributed by atoms with E-state index in [0.29, 0.717) is 0 Å². The minimum atomic E-state index is 0.0355. The van der Waals surface area contributed by atoms with E-state index in [1.54, 1.807) is 0 Å². The number of pyridine rings is 1. The molecule has 3 heterocycles. The summed E-state index contributed by atoms with van der Waals surface area (Å²) in [5.41, 5.74) is 3.87. The number of hydrogen-bond acceptors (Lipinski definition) is 4. The molecule has 0 spiro atoms. The Morgan fingerprint density at radius 2 is 2.00 bits per heavy atom. The summed E-state index contributed by atoms with van der Waals surface area (Å²) < 4.78 is 0. The fourth-order valence-electron chi connectivity index (χ4n) is 3.49. The molecule has 1 fully saturated rings. The van der Waals surface area contributed by atoms with Crippen molar-refractivity contribution in [3.05, 3.63) is 47.8 Å². The van der Waals surface area contributed by atoms with Gasteiger partial charge in [-0.2, -0.15) is 5.10 Å². The van der Waals surface area contributed by atoms with Gasteiger partial charge in [0.25, 0.3) is 0 Å². The molecule has 1 amide bonds. The molecule has 134 valence electrons. The van der Waals surface area contributed by atoms with Crippen molar-refractivity contribution >= 4 is 28.3 Å². The van der Waals surface area contributed by atoms with Gasteiger partial charge in [-0.3, -0.25) is 9.89 Å². The summed E-state index contributed by atoms with van der Waals surface area (Å²) in [6, 6.07) is 9.98. The summed E-state index contributed by atoms with van der Waals surface area (Å²) in [5.74, 6) is 1.12. The SMILES string of the molecule is Cc1ccc(N2CCC(C(=O)Nc3ccc4c(C)[nH]nc4c3)CC2)nc1. The van der Waals surface area contributed by atoms with E-state index in [2.05, 4.69) is 37.5 Å². The molecule has 0 saturated carbocycles. The largest absolute Gasteiger partial charge is 0.357 e. The van der Waals surface area contributed by atoms with Crippen LogP contribution < -0.4 is 10.2 Å². The molecule has 0 aliphatic carbocycles. The fraction of sp³-hybridized carbons (Fsp3) is 0.350. The molecule has 0 atom stereocenters. The third-order valence-corrected chi connectivity index (χ3v) is 5.10. The van der Waals surface area contributed by atoms with Crippen molar-refractivity contribution in [2.75, 3.05) is 23.3 Å². The average molecular weight is 349 g/mol. The van der Waals surface area contributed by atoms with Crippen LogP contribution in [-0.2, 0) is 4.79 Å². The van der Waals surface area contributed by atoms with E-state index in [-0.39, 0.29) is 11.8 Å². The maximum Gasteiger partial charge on any atom is 0.227 e. The van der Waals surface area contributed by atoms with E-state index in [0.717, 1.165) is 59.6 Å². The quantitative estimate of drug-likeness (QED) is 0.760. The number of piperidine rings is 1. The number of amides is 1. The highest BCUT2D eigenvalue weighted by atomic mass is 16.1. The number of benzene rings is 1. The maximum atomic E-state index is 12.6. The number of aryl methyl sites for hydroxylation is 2. The normalized spacial score (nSPS) is 15.4. The average Bonchev–Trinajstić information content (AvgIpc) is 3.03. The van der Waals surface area contributed by atoms with Crippen LogP contribution in [0.1, 0.15) is 24.1 Å². The molecular weight excluding hydrogens is 326 g/mol. The van der Waals surface area contributed by atoms with E-state index in [1.165, 1.54) is 0 Å². The summed E-state index contributed by atoms with van der Waals surface area (Å²) in [6.07, 6.45) is 3.57. The molecule has 1 aliphatic rings. The van der Waals surface area contributed by atoms with Gasteiger partial charge in [0.2, 0.25) is 5.91 Å². The highest BCUT2D eigenvalue weighted by Gasteiger charge is 2.25. The van der Waals surface area contributed by atoms with Crippen molar-refractivity contribution < 1.29 is 4.79 Å². The van der Waals surface area contributed by atoms with Gasteiger partial charge in [0.1, 0.15) is 5.82 Å². The second-order valence-corrected chi connectivity index (χ2v) is 7.02. The van der Waals surface area contributed by atoms with Crippen molar-refractivity contribution in [1.29, 1.82) is 0 Å². The highest BCUT2D eigenvalue weighted by Crippen LogP contribution is 2.24. The molecule has 26 heavy (non-hydrogen) atoms. The van der Waals surface area contributed by atoms with Crippen LogP contribution in [0.2, 0.25) is 0 Å². The zero-order valence-electron chi connectivity index (χ0n) is 15.1. The Balaban J connectivity index is 1.37. The molecule has 0 unspecified atom stereocenters. The Morgan fingerprint density at radius 1 is 1.19 bits per heavy atom. The topological polar surface area (TPSA) is 73.9 Å². The van der Waals surface area contributed by atoms with Gasteiger partial charge in [-0.05, 0) is 56.5 Å². The number of carbonyl (C=O) groups excluding carboxylic acids is 1. The molecule has 0 radical (unpaired) electrons. The van der Waals surface area contributed by atoms with Gasteiger partial charge in [-0.25, -0.2) is 4.98 Å². The Bertz CT molecular complexity index is 923. The van der Waals surface area contributed by atoms with Gasteiger partial charge in [-0.1, -0.05) is 6.07 Å². The summed E-state index contributed by atoms with van der Waals surface area (Å²) in [7, 11) is 0. The summed E-state index contributed by atoms with van der Waals surface area (Å²) in [4.78, 5) is 19.4. The lowest BCUT2D eigenvalue weighted by Gasteiger charge is -2.32. The second-order valence-electron chi connectivity index (χ2n) is 7.02. The number of aromatic amines is 1. The van der Waals surface area contributed by atoms with E-state index in [9.17, 15) is 4.79 Å². The van der Waals surface area contributed by atoms with E-state index < -0.39 is 0 Å². The lowest BCUT2D eigenvalue weighted by molar-refractivity contribution is -0.120. The van der Waals surface area contributed by atoms with Crippen LogP contribution >= 0.6 is 0 Å². The van der Waals surface area contributed by atoms with Gasteiger partial charge >= 0.3 is 0 Å². The number of H-pyrrole nitrogens is 1. The fourth-order valence-corrected chi connectivity index (χ4v) is 3.49. The summed E-state index contributed by atoms with van der Waals surface area (Å²) in [5, 5.41) is 11.4. The van der Waals surface area contributed by atoms with Crippen molar-refractivity contribution in [3.8, 4) is 0 Å². The van der Waals surface area contributed by atoms with Crippen molar-refractivity contribution in [3.63, 3.8) is 0 Å². The van der Waals surface area contributed by atoms with Gasteiger partial charge in [0.05, 0.1) is 5.52 Å². The molecule has 6 heteroatoms. The van der Waals surface area contributed by atoms with Crippen LogP contribution in [0.3, 0.4) is 0 Å². The number of hydrogen-bond donors (Lipinski definition) is 2. The lowest BCUT2D eigenvalue weighted by Crippen LogP contribution is -2.38. The van der Waals surface area contributed by atoms with Crippen LogP contribution in [-0.4, -0.2) is 34.2 Å². The molecule has 1 aromatic carbocycles. The first-order valence-corrected chi connectivity index (χ1v) is 9.03. The monoisotopic (exact) mass is 349 g/mol. The van der Waals surface area contributed by atoms with E-state index >= 15 is 0 Å². The molecule has 4 rings (SSSR count). The van der Waals surface area contributed by atoms with Gasteiger partial charge in [0, 0.05) is 42.0 Å². The zero-order chi connectivity index (χ0) is 18.1. The molecular formula is C20H23N5O. The summed E-state index contributed by atoms with van der Waals surface area (Å²) in [6.45, 7) is 5.73. The van der Waals surface area contributed by atoms with Crippen LogP contribution in [0.25, 0.3) is 10.9 Å². The standard InChI is InChI=1S/C20H23N5O/c1-13-3-6-19(21-12-13)25-9-7-15(8-10-25)20(26)22-16-4-5-17-14(2)23-24-18(17)11-16/h3-6,11-12,15H,7-10H2,1-2H3,(H,22,26)(H,23,24). The van der Waals surface area contributed by atoms with Crippen molar-refractivity contribution in [1.82, 2.24) is 15.2 Å². The third kappa shape index (κ3) is 3.27. The Kier molecular flexibility index (Phi) is 4.32. The molecule has 2 N–H and O–H groups in total. The Labute approximate surface area is 152 Å². The number of nitrogens with zero attached hydrogens (tertiary/aromatic N) is 3. The Morgan fingerprint density at radius 3 is 2.73 bits per heavy atom. The highest BCUT2D eigenvalue weighted by molar-refractivity contribution is 5.95. The molecule has 6 nitrogen and oxygen atoms in total. The first-order valence-electron chi connectivity index (χ1n) is 9.03. The number of fused-ring (bicyclic) bond motifs is 1. The van der Waals surface area contributed by atoms with Crippen molar-refractivity contribution in [2.24, 2.45) is 5.92 Å². The third-order valence-electron chi connectivity index (χ3n) is 5.10. The second kappa shape index (κ2) is 6.78. The van der Waals surface area contributed by atoms with E-state index in [1.807, 2.05) is 38.2 Å². The van der Waals surface area contributed by atoms with Crippen LogP contribution in [0.15, 0.2) is 36.5 Å². The smallest absolute Gasteiger partial charge is 0.227 e. The van der Waals surface area contributed by atoms with E-state index in [4.69, 9.17) is 0 Å². The maximum absolute atomic E-state index is 12.6. The van der Waals surface area contributed by atoms with Gasteiger partial charge < -0.3 is 10.2 Å². The number of nitrogens with one attached hydrogen (secondary N) is 2. The first-order chi connectivity index (χ1) is 12.6. The minimum absolute atomic E-state index is 0.0355. The number of aromatic nitrogens is 3. The Hall–Kier alpha value is -2.89. The minimum Gasteiger partial charge on any atom is -0.357 e. The molecule has 2 aromatic heterocycles. The first kappa shape index (κ1) is 16.6. The number of rotatable bonds is 3. The lowest BCUT2D eigenvalue weighted by atomic mass is 9.95. The van der Waals surface area contributed by atoms with Gasteiger partial charge in [0.15, 0.2) is 0 Å². The number of carbonyl (C=O) groups is 1.